The van der Waals surface area contributed by atoms with Crippen molar-refractivity contribution in [1.29, 1.82) is 0 Å². The molecule has 2 aliphatic rings. The van der Waals surface area contributed by atoms with Crippen molar-refractivity contribution in [1.82, 2.24) is 10.2 Å². The Kier molecular flexibility index (Phi) is 3.05. The number of nitrogens with one attached hydrogen (secondary N) is 1. The molecule has 0 saturated carbocycles. The molecule has 1 aromatic carbocycles. The van der Waals surface area contributed by atoms with Gasteiger partial charge in [0.15, 0.2) is 0 Å². The predicted octanol–water partition coefficient (Wildman–Crippen LogP) is 2.01. The second-order valence-corrected chi connectivity index (χ2v) is 4.99. The molecule has 0 aliphatic carbocycles. The topological polar surface area (TPSA) is 32.3 Å². The molecule has 1 aromatic rings. The molecule has 2 heterocycles. The van der Waals surface area contributed by atoms with Gasteiger partial charge >= 0.3 is 0 Å². The minimum atomic E-state index is 0.0667. The van der Waals surface area contributed by atoms with Crippen molar-refractivity contribution in [3.8, 4) is 0 Å². The largest absolute Gasteiger partial charge is 0.362 e. The van der Waals surface area contributed by atoms with Gasteiger partial charge in [-0.2, -0.15) is 0 Å². The summed E-state index contributed by atoms with van der Waals surface area (Å²) < 4.78 is 0. The van der Waals surface area contributed by atoms with E-state index in [1.165, 1.54) is 19.3 Å². The number of amides is 1. The van der Waals surface area contributed by atoms with Crippen LogP contribution in [0.25, 0.3) is 6.08 Å². The van der Waals surface area contributed by atoms with Crippen LogP contribution in [0.15, 0.2) is 36.0 Å². The molecule has 0 spiro atoms. The molecule has 2 aliphatic heterocycles. The Labute approximate surface area is 107 Å². The molecule has 94 valence electrons. The van der Waals surface area contributed by atoms with E-state index in [0.29, 0.717) is 6.04 Å². The molecule has 1 atom stereocenters. The number of hydrogen-bond acceptors (Lipinski definition) is 2. The summed E-state index contributed by atoms with van der Waals surface area (Å²) in [5, 5.41) is 3.00. The summed E-state index contributed by atoms with van der Waals surface area (Å²) in [4.78, 5) is 14.3. The van der Waals surface area contributed by atoms with E-state index in [9.17, 15) is 4.79 Å². The van der Waals surface area contributed by atoms with E-state index < -0.39 is 0 Å². The van der Waals surface area contributed by atoms with E-state index in [2.05, 4.69) is 10.2 Å². The molecule has 3 heteroatoms. The second-order valence-electron chi connectivity index (χ2n) is 4.99. The highest BCUT2D eigenvalue weighted by Crippen LogP contribution is 2.25. The van der Waals surface area contributed by atoms with E-state index in [-0.39, 0.29) is 5.91 Å². The fourth-order valence-corrected chi connectivity index (χ4v) is 2.82. The van der Waals surface area contributed by atoms with Crippen molar-refractivity contribution in [3.63, 3.8) is 0 Å². The molecule has 1 amide bonds. The minimum Gasteiger partial charge on any atom is -0.362 e. The lowest BCUT2D eigenvalue weighted by atomic mass is 9.98. The van der Waals surface area contributed by atoms with Gasteiger partial charge in [0.05, 0.1) is 0 Å². The van der Waals surface area contributed by atoms with Crippen LogP contribution in [0.5, 0.6) is 0 Å². The Morgan fingerprint density at radius 2 is 2.06 bits per heavy atom. The monoisotopic (exact) mass is 242 g/mol. The fourth-order valence-electron chi connectivity index (χ4n) is 2.82. The van der Waals surface area contributed by atoms with Crippen LogP contribution in [0.3, 0.4) is 0 Å². The molecule has 0 radical (unpaired) electrons. The van der Waals surface area contributed by atoms with Crippen LogP contribution in [0.1, 0.15) is 24.8 Å². The maximum absolute atomic E-state index is 12.0. The van der Waals surface area contributed by atoms with Crippen LogP contribution in [0.4, 0.5) is 0 Å². The van der Waals surface area contributed by atoms with E-state index in [4.69, 9.17) is 0 Å². The van der Waals surface area contributed by atoms with Crippen molar-refractivity contribution in [2.45, 2.75) is 25.3 Å². The van der Waals surface area contributed by atoms with Crippen molar-refractivity contribution < 1.29 is 4.79 Å². The number of carbonyl (C=O) groups is 1. The van der Waals surface area contributed by atoms with E-state index in [1.807, 2.05) is 36.4 Å². The van der Waals surface area contributed by atoms with E-state index in [0.717, 1.165) is 24.4 Å². The third-order valence-electron chi connectivity index (χ3n) is 3.77. The van der Waals surface area contributed by atoms with Crippen LogP contribution in [0, 0.1) is 0 Å². The molecule has 3 rings (SSSR count). The third-order valence-corrected chi connectivity index (χ3v) is 3.77. The van der Waals surface area contributed by atoms with Crippen LogP contribution in [-0.2, 0) is 4.79 Å². The average molecular weight is 242 g/mol. The summed E-state index contributed by atoms with van der Waals surface area (Å²) in [7, 11) is 0. The number of piperazine rings is 1. The minimum absolute atomic E-state index is 0.0667. The summed E-state index contributed by atoms with van der Waals surface area (Å²) in [5.74, 6) is 0.0667. The van der Waals surface area contributed by atoms with Crippen LogP contribution in [-0.4, -0.2) is 29.9 Å². The van der Waals surface area contributed by atoms with E-state index in [1.54, 1.807) is 0 Å². The van der Waals surface area contributed by atoms with Crippen molar-refractivity contribution in [2.75, 3.05) is 13.1 Å². The van der Waals surface area contributed by atoms with Gasteiger partial charge in [0, 0.05) is 19.1 Å². The summed E-state index contributed by atoms with van der Waals surface area (Å²) in [6.45, 7) is 1.81. The van der Waals surface area contributed by atoms with Crippen molar-refractivity contribution in [2.24, 2.45) is 0 Å². The van der Waals surface area contributed by atoms with E-state index >= 15 is 0 Å². The zero-order valence-electron chi connectivity index (χ0n) is 10.4. The first-order chi connectivity index (χ1) is 8.84. The van der Waals surface area contributed by atoms with Crippen LogP contribution in [0.2, 0.25) is 0 Å². The molecule has 2 saturated heterocycles. The highest BCUT2D eigenvalue weighted by Gasteiger charge is 2.31. The number of hydrogen-bond donors (Lipinski definition) is 1. The normalized spacial score (nSPS) is 25.8. The van der Waals surface area contributed by atoms with Gasteiger partial charge in [-0.05, 0) is 30.9 Å². The van der Waals surface area contributed by atoms with Gasteiger partial charge in [-0.1, -0.05) is 30.3 Å². The lowest BCUT2D eigenvalue weighted by Crippen LogP contribution is -2.54. The lowest BCUT2D eigenvalue weighted by Gasteiger charge is -2.42. The Hall–Kier alpha value is -1.77. The fraction of sp³-hybridized carbons (Fsp3) is 0.400. The molecule has 0 aromatic heterocycles. The molecular weight excluding hydrogens is 224 g/mol. The summed E-state index contributed by atoms with van der Waals surface area (Å²) in [6.07, 6.45) is 5.66. The highest BCUT2D eigenvalue weighted by molar-refractivity contribution is 5.98. The van der Waals surface area contributed by atoms with Gasteiger partial charge in [0.1, 0.15) is 5.70 Å². The first-order valence-electron chi connectivity index (χ1n) is 6.66. The third kappa shape index (κ3) is 2.13. The van der Waals surface area contributed by atoms with Crippen LogP contribution < -0.4 is 5.32 Å². The zero-order valence-corrected chi connectivity index (χ0v) is 10.4. The highest BCUT2D eigenvalue weighted by atomic mass is 16.2. The number of nitrogens with zero attached hydrogens (tertiary/aromatic N) is 1. The zero-order chi connectivity index (χ0) is 12.4. The molecule has 0 bridgehead atoms. The number of carbonyl (C=O) groups excluding carboxylic acids is 1. The summed E-state index contributed by atoms with van der Waals surface area (Å²) >= 11 is 0. The standard InChI is InChI=1S/C15H18N2O/c18-15-14(10-12-6-2-1-3-7-12)17-9-5-4-8-13(17)11-16-15/h1-3,6-7,10,13H,4-5,8-9,11H2,(H,16,18)/b14-10-. The maximum Gasteiger partial charge on any atom is 0.267 e. The maximum atomic E-state index is 12.0. The quantitative estimate of drug-likeness (QED) is 0.764. The lowest BCUT2D eigenvalue weighted by molar-refractivity contribution is -0.121. The van der Waals surface area contributed by atoms with Gasteiger partial charge in [0.25, 0.3) is 5.91 Å². The number of benzene rings is 1. The number of piperidine rings is 1. The molecule has 3 nitrogen and oxygen atoms in total. The van der Waals surface area contributed by atoms with Crippen molar-refractivity contribution in [3.05, 3.63) is 41.6 Å². The average Bonchev–Trinajstić information content (AvgIpc) is 2.43. The first kappa shape index (κ1) is 11.3. The number of fused-ring (bicyclic) bond motifs is 1. The Morgan fingerprint density at radius 1 is 1.22 bits per heavy atom. The number of rotatable bonds is 1. The van der Waals surface area contributed by atoms with Crippen molar-refractivity contribution >= 4 is 12.0 Å². The Morgan fingerprint density at radius 3 is 2.89 bits per heavy atom. The smallest absolute Gasteiger partial charge is 0.267 e. The second kappa shape index (κ2) is 4.84. The van der Waals surface area contributed by atoms with Gasteiger partial charge < -0.3 is 10.2 Å². The molecule has 2 fully saturated rings. The predicted molar refractivity (Wildman–Crippen MR) is 71.8 cm³/mol. The molecular formula is C15H18N2O. The van der Waals surface area contributed by atoms with Crippen LogP contribution >= 0.6 is 0 Å². The summed E-state index contributed by atoms with van der Waals surface area (Å²) in [6, 6.07) is 10.6. The Bertz CT molecular complexity index is 467. The summed E-state index contributed by atoms with van der Waals surface area (Å²) in [5.41, 5.74) is 1.92. The van der Waals surface area contributed by atoms with Gasteiger partial charge in [0.2, 0.25) is 0 Å². The van der Waals surface area contributed by atoms with Gasteiger partial charge in [-0.25, -0.2) is 0 Å². The first-order valence-corrected chi connectivity index (χ1v) is 6.66. The molecule has 18 heavy (non-hydrogen) atoms. The SMILES string of the molecule is O=C1NCC2CCCCN2/C1=C\c1ccccc1. The van der Waals surface area contributed by atoms with Gasteiger partial charge in [-0.15, -0.1) is 0 Å². The molecule has 1 unspecified atom stereocenters. The molecule has 1 N–H and O–H groups in total. The van der Waals surface area contributed by atoms with Gasteiger partial charge in [-0.3, -0.25) is 4.79 Å². The Balaban J connectivity index is 1.92.